The minimum Gasteiger partial charge on any atom is -0.466 e. The molecule has 25 heavy (non-hydrogen) atoms. The number of esters is 1. The van der Waals surface area contributed by atoms with E-state index in [0.717, 1.165) is 0 Å². The molecular weight excluding hydrogens is 346 g/mol. The Morgan fingerprint density at radius 1 is 1.32 bits per heavy atom. The fourth-order valence-corrected chi connectivity index (χ4v) is 2.84. The van der Waals surface area contributed by atoms with Crippen molar-refractivity contribution >= 4 is 34.9 Å². The molecule has 8 nitrogen and oxygen atoms in total. The van der Waals surface area contributed by atoms with Crippen LogP contribution in [0, 0.1) is 16.0 Å². The summed E-state index contributed by atoms with van der Waals surface area (Å²) < 4.78 is 5.02. The molecule has 1 aliphatic heterocycles. The number of nitro groups is 1. The van der Waals surface area contributed by atoms with Crippen LogP contribution in [0.5, 0.6) is 0 Å². The summed E-state index contributed by atoms with van der Waals surface area (Å²) in [5, 5.41) is 13.5. The number of hydrogen-bond donors (Lipinski definition) is 1. The van der Waals surface area contributed by atoms with Crippen molar-refractivity contribution in [2.45, 2.75) is 19.8 Å². The van der Waals surface area contributed by atoms with Gasteiger partial charge in [-0.2, -0.15) is 0 Å². The second kappa shape index (κ2) is 8.52. The van der Waals surface area contributed by atoms with E-state index >= 15 is 0 Å². The van der Waals surface area contributed by atoms with E-state index in [1.54, 1.807) is 6.92 Å². The monoisotopic (exact) mass is 365 g/mol. The van der Waals surface area contributed by atoms with Gasteiger partial charge in [0.25, 0.3) is 11.6 Å². The number of amides is 1. The largest absolute Gasteiger partial charge is 0.466 e. The number of likely N-dealkylation sites (tertiary alicyclic amines) is 1. The fourth-order valence-electron chi connectivity index (χ4n) is 2.56. The van der Waals surface area contributed by atoms with Crippen molar-refractivity contribution in [3.63, 3.8) is 0 Å². The lowest BCUT2D eigenvalue weighted by atomic mass is 9.97. The van der Waals surface area contributed by atoms with Gasteiger partial charge in [-0.15, -0.1) is 0 Å². The summed E-state index contributed by atoms with van der Waals surface area (Å²) in [7, 11) is 0. The molecule has 134 valence electrons. The van der Waals surface area contributed by atoms with E-state index in [-0.39, 0.29) is 28.3 Å². The zero-order chi connectivity index (χ0) is 18.4. The van der Waals surface area contributed by atoms with Gasteiger partial charge in [-0.05, 0) is 44.1 Å². The molecule has 1 amide bonds. The maximum atomic E-state index is 12.2. The van der Waals surface area contributed by atoms with Crippen molar-refractivity contribution in [2.75, 3.05) is 19.7 Å². The number of nitrogens with zero attached hydrogens (tertiary/aromatic N) is 2. The van der Waals surface area contributed by atoms with Gasteiger partial charge in [-0.1, -0.05) is 0 Å². The van der Waals surface area contributed by atoms with Gasteiger partial charge in [-0.3, -0.25) is 25.0 Å². The summed E-state index contributed by atoms with van der Waals surface area (Å²) in [6, 6.07) is 5.29. The van der Waals surface area contributed by atoms with Crippen molar-refractivity contribution < 1.29 is 19.2 Å². The molecular formula is C16H19N3O5S. The number of rotatable bonds is 4. The Bertz CT molecular complexity index is 669. The van der Waals surface area contributed by atoms with Crippen LogP contribution in [0.2, 0.25) is 0 Å². The van der Waals surface area contributed by atoms with Crippen molar-refractivity contribution in [1.82, 2.24) is 10.2 Å². The van der Waals surface area contributed by atoms with Crippen LogP contribution >= 0.6 is 12.2 Å². The van der Waals surface area contributed by atoms with Crippen LogP contribution in [0.15, 0.2) is 24.3 Å². The van der Waals surface area contributed by atoms with Crippen LogP contribution < -0.4 is 5.32 Å². The minimum absolute atomic E-state index is 0.0832. The smallest absolute Gasteiger partial charge is 0.309 e. The molecule has 1 aliphatic rings. The molecule has 0 aromatic heterocycles. The van der Waals surface area contributed by atoms with Crippen LogP contribution in [-0.2, 0) is 9.53 Å². The Hall–Kier alpha value is -2.55. The average molecular weight is 365 g/mol. The topological polar surface area (TPSA) is 102 Å². The van der Waals surface area contributed by atoms with E-state index in [1.165, 1.54) is 24.3 Å². The molecule has 1 heterocycles. The molecule has 0 unspecified atom stereocenters. The van der Waals surface area contributed by atoms with Gasteiger partial charge in [0.1, 0.15) is 0 Å². The normalized spacial score (nSPS) is 14.7. The lowest BCUT2D eigenvalue weighted by molar-refractivity contribution is -0.384. The zero-order valence-corrected chi connectivity index (χ0v) is 14.6. The molecule has 0 spiro atoms. The summed E-state index contributed by atoms with van der Waals surface area (Å²) >= 11 is 5.24. The summed E-state index contributed by atoms with van der Waals surface area (Å²) in [5.74, 6) is -0.750. The Morgan fingerprint density at radius 2 is 1.92 bits per heavy atom. The zero-order valence-electron chi connectivity index (χ0n) is 13.8. The number of hydrogen-bond acceptors (Lipinski definition) is 6. The minimum atomic E-state index is -0.528. The molecule has 2 rings (SSSR count). The molecule has 9 heteroatoms. The van der Waals surface area contributed by atoms with Crippen LogP contribution in [0.25, 0.3) is 0 Å². The number of ether oxygens (including phenoxy) is 1. The molecule has 0 aliphatic carbocycles. The standard InChI is InChI=1S/C16H19N3O5S/c1-2-24-15(21)12-7-9-18(10-8-12)16(25)17-14(20)11-3-5-13(6-4-11)19(22)23/h3-6,12H,2,7-10H2,1H3,(H,17,20,25). The van der Waals surface area contributed by atoms with Crippen LogP contribution in [-0.4, -0.2) is 46.5 Å². The van der Waals surface area contributed by atoms with Crippen molar-refractivity contribution in [2.24, 2.45) is 5.92 Å². The van der Waals surface area contributed by atoms with E-state index in [2.05, 4.69) is 5.32 Å². The van der Waals surface area contributed by atoms with Crippen LogP contribution in [0.4, 0.5) is 5.69 Å². The molecule has 1 saturated heterocycles. The quantitative estimate of drug-likeness (QED) is 0.376. The highest BCUT2D eigenvalue weighted by Crippen LogP contribution is 2.19. The van der Waals surface area contributed by atoms with Gasteiger partial charge >= 0.3 is 5.97 Å². The van der Waals surface area contributed by atoms with Crippen LogP contribution in [0.3, 0.4) is 0 Å². The number of nitrogens with one attached hydrogen (secondary N) is 1. The van der Waals surface area contributed by atoms with Gasteiger partial charge in [0.2, 0.25) is 0 Å². The Labute approximate surface area is 150 Å². The fraction of sp³-hybridized carbons (Fsp3) is 0.438. The maximum Gasteiger partial charge on any atom is 0.309 e. The first-order valence-corrected chi connectivity index (χ1v) is 8.34. The summed E-state index contributed by atoms with van der Waals surface area (Å²) in [6.45, 7) is 3.25. The third kappa shape index (κ3) is 4.96. The van der Waals surface area contributed by atoms with Gasteiger partial charge in [0.15, 0.2) is 5.11 Å². The average Bonchev–Trinajstić information content (AvgIpc) is 2.62. The number of carbonyl (C=O) groups excluding carboxylic acids is 2. The number of thiocarbonyl (C=S) groups is 1. The molecule has 0 atom stereocenters. The van der Waals surface area contributed by atoms with Gasteiger partial charge in [0.05, 0.1) is 17.4 Å². The first kappa shape index (κ1) is 18.8. The SMILES string of the molecule is CCOC(=O)C1CCN(C(=S)NC(=O)c2ccc([N+](=O)[O-])cc2)CC1. The predicted molar refractivity (Wildman–Crippen MR) is 94.1 cm³/mol. The number of non-ortho nitro benzene ring substituents is 1. The van der Waals surface area contributed by atoms with Gasteiger partial charge < -0.3 is 9.64 Å². The first-order chi connectivity index (χ1) is 11.9. The Morgan fingerprint density at radius 3 is 2.44 bits per heavy atom. The number of nitro benzene ring substituents is 1. The first-order valence-electron chi connectivity index (χ1n) is 7.93. The van der Waals surface area contributed by atoms with Crippen molar-refractivity contribution in [1.29, 1.82) is 0 Å². The number of carbonyl (C=O) groups is 2. The van der Waals surface area contributed by atoms with E-state index in [9.17, 15) is 19.7 Å². The summed E-state index contributed by atoms with van der Waals surface area (Å²) in [5.41, 5.74) is 0.203. The Kier molecular flexibility index (Phi) is 6.40. The molecule has 0 bridgehead atoms. The molecule has 0 radical (unpaired) electrons. The molecule has 1 fully saturated rings. The highest BCUT2D eigenvalue weighted by atomic mass is 32.1. The van der Waals surface area contributed by atoms with E-state index in [0.29, 0.717) is 32.5 Å². The third-order valence-corrected chi connectivity index (χ3v) is 4.32. The van der Waals surface area contributed by atoms with Crippen molar-refractivity contribution in [3.05, 3.63) is 39.9 Å². The maximum absolute atomic E-state index is 12.2. The highest BCUT2D eigenvalue weighted by molar-refractivity contribution is 7.80. The summed E-state index contributed by atoms with van der Waals surface area (Å²) in [4.78, 5) is 35.8. The van der Waals surface area contributed by atoms with E-state index in [1.807, 2.05) is 4.90 Å². The van der Waals surface area contributed by atoms with Crippen molar-refractivity contribution in [3.8, 4) is 0 Å². The predicted octanol–water partition coefficient (Wildman–Crippen LogP) is 1.88. The van der Waals surface area contributed by atoms with Gasteiger partial charge in [-0.25, -0.2) is 0 Å². The molecule has 1 aromatic rings. The highest BCUT2D eigenvalue weighted by Gasteiger charge is 2.27. The second-order valence-electron chi connectivity index (χ2n) is 5.58. The Balaban J connectivity index is 1.86. The number of piperidine rings is 1. The number of benzene rings is 1. The van der Waals surface area contributed by atoms with E-state index in [4.69, 9.17) is 17.0 Å². The van der Waals surface area contributed by atoms with E-state index < -0.39 is 10.8 Å². The second-order valence-corrected chi connectivity index (χ2v) is 5.96. The molecule has 0 saturated carbocycles. The molecule has 1 aromatic carbocycles. The molecule has 1 N–H and O–H groups in total. The van der Waals surface area contributed by atoms with Crippen LogP contribution in [0.1, 0.15) is 30.1 Å². The van der Waals surface area contributed by atoms with Gasteiger partial charge in [0, 0.05) is 30.8 Å². The summed E-state index contributed by atoms with van der Waals surface area (Å²) in [6.07, 6.45) is 1.23. The third-order valence-electron chi connectivity index (χ3n) is 3.96. The lowest BCUT2D eigenvalue weighted by Gasteiger charge is -2.32. The lowest BCUT2D eigenvalue weighted by Crippen LogP contribution is -2.47.